The first kappa shape index (κ1) is 21.4. The number of aliphatic hydroxyl groups excluding tert-OH is 1. The third-order valence-corrected chi connectivity index (χ3v) is 4.36. The molecule has 1 aliphatic rings. The molecule has 1 aromatic heterocycles. The number of β-amino-alcohol motifs (C(OH)–C–C–N with tert-alkyl or cyclic N) is 1. The minimum Gasteiger partial charge on any atom is -0.391 e. The third-order valence-electron chi connectivity index (χ3n) is 4.36. The monoisotopic (exact) mass is 394 g/mol. The van der Waals surface area contributed by atoms with E-state index in [9.17, 15) is 18.3 Å². The largest absolute Gasteiger partial charge is 0.416 e. The number of carbonyl (C=O) groups is 1. The van der Waals surface area contributed by atoms with Crippen LogP contribution in [0.1, 0.15) is 23.2 Å². The fourth-order valence-electron chi connectivity index (χ4n) is 2.91. The summed E-state index contributed by atoms with van der Waals surface area (Å²) in [7, 11) is 0. The van der Waals surface area contributed by atoms with Gasteiger partial charge in [-0.1, -0.05) is 0 Å². The maximum atomic E-state index is 13.1. The first-order valence-electron chi connectivity index (χ1n) is 8.46. The van der Waals surface area contributed by atoms with Gasteiger partial charge in [0.05, 0.1) is 28.7 Å². The van der Waals surface area contributed by atoms with Crippen LogP contribution < -0.4 is 5.32 Å². The number of halogens is 3. The van der Waals surface area contributed by atoms with Gasteiger partial charge in [-0.3, -0.25) is 10.4 Å². The molecule has 3 N–H and O–H groups in total. The Balaban J connectivity index is 0.00000136. The molecule has 6 nitrogen and oxygen atoms in total. The molecule has 9 heteroatoms. The molecule has 0 bridgehead atoms. The Morgan fingerprint density at radius 1 is 1.32 bits per heavy atom. The lowest BCUT2D eigenvalue weighted by Crippen LogP contribution is -2.30. The van der Waals surface area contributed by atoms with Crippen molar-refractivity contribution < 1.29 is 23.1 Å². The topological polar surface area (TPSA) is 89.3 Å². The number of anilines is 2. The first-order chi connectivity index (χ1) is 13.3. The molecule has 0 unspecified atom stereocenters. The number of nitrogens with zero attached hydrogens (tertiary/aromatic N) is 2. The second-order valence-electron chi connectivity index (χ2n) is 6.26. The molecule has 1 saturated heterocycles. The van der Waals surface area contributed by atoms with Gasteiger partial charge in [-0.05, 0) is 43.7 Å². The van der Waals surface area contributed by atoms with Crippen molar-refractivity contribution >= 4 is 24.0 Å². The van der Waals surface area contributed by atoms with Gasteiger partial charge in [0.25, 0.3) is 0 Å². The van der Waals surface area contributed by atoms with E-state index in [-0.39, 0.29) is 11.5 Å². The van der Waals surface area contributed by atoms with E-state index in [0.29, 0.717) is 36.5 Å². The van der Waals surface area contributed by atoms with Gasteiger partial charge < -0.3 is 20.1 Å². The van der Waals surface area contributed by atoms with Crippen molar-refractivity contribution in [2.45, 2.75) is 25.6 Å². The molecule has 0 aliphatic carbocycles. The van der Waals surface area contributed by atoms with Gasteiger partial charge in [-0.2, -0.15) is 13.2 Å². The summed E-state index contributed by atoms with van der Waals surface area (Å²) in [5, 5.41) is 21.0. The van der Waals surface area contributed by atoms with E-state index >= 15 is 0 Å². The van der Waals surface area contributed by atoms with Crippen LogP contribution in [0.15, 0.2) is 36.5 Å². The van der Waals surface area contributed by atoms with Gasteiger partial charge >= 0.3 is 6.18 Å². The van der Waals surface area contributed by atoms with Crippen LogP contribution in [0.25, 0.3) is 0 Å². The molecule has 28 heavy (non-hydrogen) atoms. The number of aryl methyl sites for hydroxylation is 1. The first-order valence-corrected chi connectivity index (χ1v) is 8.46. The summed E-state index contributed by atoms with van der Waals surface area (Å²) >= 11 is 0. The maximum Gasteiger partial charge on any atom is 0.416 e. The number of benzene rings is 1. The molecule has 2 aromatic rings. The maximum absolute atomic E-state index is 13.1. The van der Waals surface area contributed by atoms with E-state index in [2.05, 4.69) is 10.3 Å². The number of amidine groups is 1. The predicted molar refractivity (Wildman–Crippen MR) is 99.8 cm³/mol. The van der Waals surface area contributed by atoms with Crippen molar-refractivity contribution in [1.29, 1.82) is 5.41 Å². The quantitative estimate of drug-likeness (QED) is 0.549. The number of hydrogen-bond donors (Lipinski definition) is 3. The van der Waals surface area contributed by atoms with Crippen molar-refractivity contribution in [3.63, 3.8) is 0 Å². The Morgan fingerprint density at radius 3 is 2.61 bits per heavy atom. The summed E-state index contributed by atoms with van der Waals surface area (Å²) < 4.78 is 39.4. The van der Waals surface area contributed by atoms with Crippen LogP contribution in [0, 0.1) is 12.3 Å². The number of likely N-dealkylation sites (tertiary alicyclic amines) is 1. The van der Waals surface area contributed by atoms with Crippen LogP contribution >= 0.6 is 0 Å². The van der Waals surface area contributed by atoms with Crippen LogP contribution in [0.3, 0.4) is 0 Å². The molecule has 0 saturated carbocycles. The van der Waals surface area contributed by atoms with E-state index < -0.39 is 17.8 Å². The Morgan fingerprint density at radius 2 is 2.04 bits per heavy atom. The molecule has 1 aromatic carbocycles. The fraction of sp³-hybridized carbons (Fsp3) is 0.316. The summed E-state index contributed by atoms with van der Waals surface area (Å²) in [6.45, 7) is 4.54. The zero-order valence-corrected chi connectivity index (χ0v) is 15.3. The predicted octanol–water partition coefficient (Wildman–Crippen LogP) is 3.36. The van der Waals surface area contributed by atoms with Gasteiger partial charge in [0.2, 0.25) is 0 Å². The SMILES string of the molecule is C=O.Cc1ncccc1Nc1cc(C(F)(F)F)ccc1C(=N)N1CC[C@@H](O)C1. The molecule has 3 rings (SSSR count). The standard InChI is InChI=1S/C18H19F3N4O.CH2O/c1-11-15(3-2-7-23-11)24-16-9-12(18(19,20)21)4-5-14(16)17(22)25-8-6-13(26)10-25;1-2/h2-5,7,9,13,22,24,26H,6,8,10H2,1H3;1H2/t13-;/m1./s1. The van der Waals surface area contributed by atoms with Gasteiger partial charge in [-0.25, -0.2) is 0 Å². The van der Waals surface area contributed by atoms with E-state index in [4.69, 9.17) is 10.2 Å². The highest BCUT2D eigenvalue weighted by atomic mass is 19.4. The lowest BCUT2D eigenvalue weighted by molar-refractivity contribution is -0.137. The Labute approximate surface area is 160 Å². The summed E-state index contributed by atoms with van der Waals surface area (Å²) in [5.74, 6) is 0.0827. The lowest BCUT2D eigenvalue weighted by Gasteiger charge is -2.22. The van der Waals surface area contributed by atoms with Gasteiger partial charge in [0.15, 0.2) is 0 Å². The summed E-state index contributed by atoms with van der Waals surface area (Å²) in [5.41, 5.74) is 0.943. The van der Waals surface area contributed by atoms with Crippen LogP contribution in [0.4, 0.5) is 24.5 Å². The van der Waals surface area contributed by atoms with Crippen LogP contribution in [0.2, 0.25) is 0 Å². The van der Waals surface area contributed by atoms with Crippen molar-refractivity contribution in [1.82, 2.24) is 9.88 Å². The van der Waals surface area contributed by atoms with Gasteiger partial charge in [0.1, 0.15) is 12.6 Å². The van der Waals surface area contributed by atoms with Crippen LogP contribution in [-0.2, 0) is 11.0 Å². The smallest absolute Gasteiger partial charge is 0.391 e. The molecule has 2 heterocycles. The molecule has 150 valence electrons. The van der Waals surface area contributed by atoms with E-state index in [1.54, 1.807) is 30.2 Å². The molecule has 0 spiro atoms. The average Bonchev–Trinajstić information content (AvgIpc) is 3.10. The Hall–Kier alpha value is -2.94. The number of aliphatic hydroxyl groups is 1. The van der Waals surface area contributed by atoms with Crippen molar-refractivity contribution in [2.75, 3.05) is 18.4 Å². The Kier molecular flexibility index (Phi) is 6.74. The number of nitrogens with one attached hydrogen (secondary N) is 2. The molecule has 0 amide bonds. The highest BCUT2D eigenvalue weighted by Gasteiger charge is 2.32. The molecular weight excluding hydrogens is 373 g/mol. The summed E-state index contributed by atoms with van der Waals surface area (Å²) in [6.07, 6.45) is -2.87. The molecular formula is C19H21F3N4O2. The number of hydrogen-bond acceptors (Lipinski definition) is 5. The van der Waals surface area contributed by atoms with Gasteiger partial charge in [-0.15, -0.1) is 0 Å². The van der Waals surface area contributed by atoms with Gasteiger partial charge in [0, 0.05) is 24.8 Å². The van der Waals surface area contributed by atoms with Crippen molar-refractivity contribution in [2.24, 2.45) is 0 Å². The second-order valence-corrected chi connectivity index (χ2v) is 6.26. The normalized spacial score (nSPS) is 16.3. The summed E-state index contributed by atoms with van der Waals surface area (Å²) in [4.78, 5) is 13.8. The molecule has 1 fully saturated rings. The zero-order valence-electron chi connectivity index (χ0n) is 15.3. The minimum absolute atomic E-state index is 0.0827. The molecule has 1 aliphatic heterocycles. The third kappa shape index (κ3) is 4.86. The van der Waals surface area contributed by atoms with E-state index in [0.717, 1.165) is 12.1 Å². The number of pyridine rings is 1. The Bertz CT molecular complexity index is 842. The van der Waals surface area contributed by atoms with Crippen molar-refractivity contribution in [3.8, 4) is 0 Å². The van der Waals surface area contributed by atoms with E-state index in [1.807, 2.05) is 6.79 Å². The molecule has 0 radical (unpaired) electrons. The van der Waals surface area contributed by atoms with Crippen LogP contribution in [-0.4, -0.2) is 46.8 Å². The number of alkyl halides is 3. The number of aromatic nitrogens is 1. The number of rotatable bonds is 3. The average molecular weight is 394 g/mol. The zero-order chi connectivity index (χ0) is 20.9. The summed E-state index contributed by atoms with van der Waals surface area (Å²) in [6, 6.07) is 6.67. The highest BCUT2D eigenvalue weighted by molar-refractivity contribution is 6.02. The highest BCUT2D eigenvalue weighted by Crippen LogP contribution is 2.34. The second kappa shape index (κ2) is 8.83. The number of carbonyl (C=O) groups excluding carboxylic acids is 1. The van der Waals surface area contributed by atoms with E-state index in [1.165, 1.54) is 6.07 Å². The van der Waals surface area contributed by atoms with Crippen molar-refractivity contribution in [3.05, 3.63) is 53.3 Å². The molecule has 1 atom stereocenters. The fourth-order valence-corrected chi connectivity index (χ4v) is 2.91. The minimum atomic E-state index is -4.48. The lowest BCUT2D eigenvalue weighted by atomic mass is 10.1. The van der Waals surface area contributed by atoms with Crippen LogP contribution in [0.5, 0.6) is 0 Å².